The van der Waals surface area contributed by atoms with Crippen molar-refractivity contribution >= 4 is 28.2 Å². The summed E-state index contributed by atoms with van der Waals surface area (Å²) in [5.74, 6) is 5.11. The quantitative estimate of drug-likeness (QED) is 0.489. The number of benzene rings is 1. The number of aliphatic carboxylic acids is 1. The standard InChI is InChI=1S/C26H28FN3O3S/c1-33-18-7-9-24-20(14-18)25(22(27)15-29-24)23(28)8-6-17-10-12-30(16-21(17)26(31)32)11-2-4-19-5-3-13-34-19/h3,5,7,9,13-15,17,21,23H,6,8,10-12,16,28H2,1H3,(H,31,32)/t17-,21+,23-/m0/s1. The third-order valence-electron chi connectivity index (χ3n) is 6.48. The monoisotopic (exact) mass is 481 g/mol. The number of nitrogens with two attached hydrogens (primary N) is 1. The summed E-state index contributed by atoms with van der Waals surface area (Å²) in [5, 5.41) is 12.5. The van der Waals surface area contributed by atoms with Gasteiger partial charge in [-0.05, 0) is 61.4 Å². The Labute approximate surface area is 202 Å². The largest absolute Gasteiger partial charge is 0.497 e. The lowest BCUT2D eigenvalue weighted by atomic mass is 9.81. The van der Waals surface area contributed by atoms with Crippen LogP contribution in [0.1, 0.15) is 35.7 Å². The van der Waals surface area contributed by atoms with E-state index in [-0.39, 0.29) is 5.92 Å². The van der Waals surface area contributed by atoms with Crippen molar-refractivity contribution in [1.29, 1.82) is 0 Å². The molecule has 0 amide bonds. The second-order valence-electron chi connectivity index (χ2n) is 8.59. The second kappa shape index (κ2) is 11.0. The van der Waals surface area contributed by atoms with E-state index in [1.165, 1.54) is 6.20 Å². The first-order valence-corrected chi connectivity index (χ1v) is 12.2. The number of fused-ring (bicyclic) bond motifs is 1. The number of methoxy groups -OCH3 is 1. The van der Waals surface area contributed by atoms with E-state index >= 15 is 0 Å². The number of piperidine rings is 1. The Hall–Kier alpha value is -2.99. The van der Waals surface area contributed by atoms with Crippen LogP contribution < -0.4 is 10.5 Å². The molecule has 1 aliphatic heterocycles. The molecule has 0 spiro atoms. The lowest BCUT2D eigenvalue weighted by molar-refractivity contribution is -0.146. The Balaban J connectivity index is 1.42. The number of hydrogen-bond donors (Lipinski definition) is 2. The number of aromatic nitrogens is 1. The maximum absolute atomic E-state index is 14.8. The first-order chi connectivity index (χ1) is 16.5. The topological polar surface area (TPSA) is 88.7 Å². The van der Waals surface area contributed by atoms with Crippen LogP contribution in [0.5, 0.6) is 5.75 Å². The number of nitrogens with zero attached hydrogens (tertiary/aromatic N) is 2. The molecule has 1 saturated heterocycles. The first-order valence-electron chi connectivity index (χ1n) is 11.3. The van der Waals surface area contributed by atoms with E-state index in [1.807, 2.05) is 17.5 Å². The van der Waals surface area contributed by atoms with Gasteiger partial charge in [0.15, 0.2) is 0 Å². The average molecular weight is 482 g/mol. The van der Waals surface area contributed by atoms with Crippen LogP contribution in [0.25, 0.3) is 10.9 Å². The molecule has 3 aromatic rings. The van der Waals surface area contributed by atoms with Crippen LogP contribution in [-0.4, -0.2) is 47.7 Å². The minimum atomic E-state index is -0.806. The molecule has 0 bridgehead atoms. The highest BCUT2D eigenvalue weighted by atomic mass is 32.1. The van der Waals surface area contributed by atoms with Crippen LogP contribution in [0.15, 0.2) is 41.9 Å². The smallest absolute Gasteiger partial charge is 0.308 e. The zero-order valence-electron chi connectivity index (χ0n) is 19.0. The number of hydrogen-bond acceptors (Lipinski definition) is 6. The molecular weight excluding hydrogens is 453 g/mol. The Morgan fingerprint density at radius 1 is 1.44 bits per heavy atom. The number of halogens is 1. The summed E-state index contributed by atoms with van der Waals surface area (Å²) >= 11 is 1.59. The summed E-state index contributed by atoms with van der Waals surface area (Å²) in [7, 11) is 1.56. The van der Waals surface area contributed by atoms with E-state index < -0.39 is 23.7 Å². The summed E-state index contributed by atoms with van der Waals surface area (Å²) in [5.41, 5.74) is 7.49. The molecule has 1 aromatic carbocycles. The molecule has 34 heavy (non-hydrogen) atoms. The van der Waals surface area contributed by atoms with Crippen molar-refractivity contribution in [2.45, 2.75) is 25.3 Å². The van der Waals surface area contributed by atoms with Crippen LogP contribution in [0.3, 0.4) is 0 Å². The fraction of sp³-hybridized carbons (Fsp3) is 0.385. The highest BCUT2D eigenvalue weighted by Gasteiger charge is 2.34. The number of carboxylic acid groups (broad SMARTS) is 1. The number of thiophene rings is 1. The van der Waals surface area contributed by atoms with E-state index in [9.17, 15) is 14.3 Å². The Kier molecular flexibility index (Phi) is 7.78. The van der Waals surface area contributed by atoms with Gasteiger partial charge in [-0.3, -0.25) is 14.7 Å². The summed E-state index contributed by atoms with van der Waals surface area (Å²) in [4.78, 5) is 19.3. The molecule has 3 atom stereocenters. The van der Waals surface area contributed by atoms with Gasteiger partial charge in [0.05, 0.1) is 36.2 Å². The predicted octanol–water partition coefficient (Wildman–Crippen LogP) is 4.30. The fourth-order valence-electron chi connectivity index (χ4n) is 4.63. The number of rotatable bonds is 7. The van der Waals surface area contributed by atoms with Crippen molar-refractivity contribution in [2.75, 3.05) is 26.7 Å². The molecule has 2 aromatic heterocycles. The average Bonchev–Trinajstić information content (AvgIpc) is 3.36. The van der Waals surface area contributed by atoms with E-state index in [4.69, 9.17) is 10.5 Å². The molecule has 3 N–H and O–H groups in total. The van der Waals surface area contributed by atoms with Gasteiger partial charge in [0.2, 0.25) is 0 Å². The van der Waals surface area contributed by atoms with Gasteiger partial charge in [-0.2, -0.15) is 0 Å². The lowest BCUT2D eigenvalue weighted by Crippen LogP contribution is -2.44. The number of pyridine rings is 1. The number of likely N-dealkylation sites (tertiary alicyclic amines) is 1. The van der Waals surface area contributed by atoms with Crippen LogP contribution in [0.2, 0.25) is 0 Å². The van der Waals surface area contributed by atoms with E-state index in [1.54, 1.807) is 36.6 Å². The third-order valence-corrected chi connectivity index (χ3v) is 7.27. The van der Waals surface area contributed by atoms with Crippen LogP contribution >= 0.6 is 11.3 Å². The summed E-state index contributed by atoms with van der Waals surface area (Å²) in [6.07, 6.45) is 3.04. The molecule has 4 rings (SSSR count). The Bertz CT molecular complexity index is 1210. The molecule has 0 aliphatic carbocycles. The van der Waals surface area contributed by atoms with Crippen molar-refractivity contribution < 1.29 is 19.0 Å². The van der Waals surface area contributed by atoms with Crippen molar-refractivity contribution in [3.63, 3.8) is 0 Å². The van der Waals surface area contributed by atoms with Crippen molar-refractivity contribution in [3.05, 3.63) is 58.2 Å². The number of carbonyl (C=O) groups is 1. The molecule has 3 heterocycles. The molecule has 6 nitrogen and oxygen atoms in total. The number of carboxylic acids is 1. The molecule has 0 radical (unpaired) electrons. The number of ether oxygens (including phenoxy) is 1. The van der Waals surface area contributed by atoms with Crippen LogP contribution in [0.4, 0.5) is 4.39 Å². The zero-order chi connectivity index (χ0) is 24.1. The maximum Gasteiger partial charge on any atom is 0.308 e. The fourth-order valence-corrected chi connectivity index (χ4v) is 5.23. The first kappa shape index (κ1) is 24.1. The highest BCUT2D eigenvalue weighted by molar-refractivity contribution is 7.10. The molecule has 1 fully saturated rings. The van der Waals surface area contributed by atoms with Gasteiger partial charge in [0.25, 0.3) is 0 Å². The van der Waals surface area contributed by atoms with Gasteiger partial charge >= 0.3 is 5.97 Å². The van der Waals surface area contributed by atoms with E-state index in [0.29, 0.717) is 48.1 Å². The van der Waals surface area contributed by atoms with Gasteiger partial charge < -0.3 is 15.6 Å². The summed E-state index contributed by atoms with van der Waals surface area (Å²) < 4.78 is 20.0. The van der Waals surface area contributed by atoms with Crippen molar-refractivity contribution in [2.24, 2.45) is 17.6 Å². The van der Waals surface area contributed by atoms with Gasteiger partial charge in [-0.25, -0.2) is 4.39 Å². The maximum atomic E-state index is 14.8. The molecule has 0 saturated carbocycles. The SMILES string of the molecule is COc1ccc2ncc(F)c([C@@H](N)CC[C@H]3CCN(CC#Cc4cccs4)C[C@H]3C(=O)O)c2c1. The predicted molar refractivity (Wildman–Crippen MR) is 131 cm³/mol. The van der Waals surface area contributed by atoms with Crippen molar-refractivity contribution in [1.82, 2.24) is 9.88 Å². The second-order valence-corrected chi connectivity index (χ2v) is 9.54. The third kappa shape index (κ3) is 5.55. The molecule has 0 unspecified atom stereocenters. The van der Waals surface area contributed by atoms with Gasteiger partial charge in [0.1, 0.15) is 11.6 Å². The summed E-state index contributed by atoms with van der Waals surface area (Å²) in [6, 6.07) is 8.67. The van der Waals surface area contributed by atoms with Gasteiger partial charge in [-0.15, -0.1) is 11.3 Å². The Morgan fingerprint density at radius 2 is 2.29 bits per heavy atom. The summed E-state index contributed by atoms with van der Waals surface area (Å²) in [6.45, 7) is 1.79. The Morgan fingerprint density at radius 3 is 3.03 bits per heavy atom. The van der Waals surface area contributed by atoms with Crippen molar-refractivity contribution in [3.8, 4) is 17.6 Å². The lowest BCUT2D eigenvalue weighted by Gasteiger charge is -2.36. The van der Waals surface area contributed by atoms with Gasteiger partial charge in [0, 0.05) is 23.5 Å². The van der Waals surface area contributed by atoms with Crippen LogP contribution in [0, 0.1) is 29.5 Å². The van der Waals surface area contributed by atoms with Crippen LogP contribution in [-0.2, 0) is 4.79 Å². The minimum absolute atomic E-state index is 0.0178. The molecule has 1 aliphatic rings. The van der Waals surface area contributed by atoms with E-state index in [0.717, 1.165) is 17.8 Å². The van der Waals surface area contributed by atoms with E-state index in [2.05, 4.69) is 21.7 Å². The molecule has 178 valence electrons. The van der Waals surface area contributed by atoms with Gasteiger partial charge in [-0.1, -0.05) is 17.9 Å². The zero-order valence-corrected chi connectivity index (χ0v) is 19.9. The highest BCUT2D eigenvalue weighted by Crippen LogP contribution is 2.34. The molecule has 8 heteroatoms. The normalized spacial score (nSPS) is 19.4. The molecular formula is C26H28FN3O3S. The minimum Gasteiger partial charge on any atom is -0.497 e.